The van der Waals surface area contributed by atoms with E-state index in [1.165, 1.54) is 30.2 Å². The maximum absolute atomic E-state index is 15.4. The molecule has 8 rings (SSSR count). The Kier molecular flexibility index (Phi) is 9.06. The Morgan fingerprint density at radius 3 is 2.39 bits per heavy atom. The van der Waals surface area contributed by atoms with Crippen LogP contribution in [0.4, 0.5) is 36.6 Å². The molecule has 6 aromatic rings. The molecule has 0 saturated heterocycles. The lowest BCUT2D eigenvalue weighted by atomic mass is 9.93. The van der Waals surface area contributed by atoms with Crippen molar-refractivity contribution < 1.29 is 43.9 Å². The summed E-state index contributed by atoms with van der Waals surface area (Å²) in [6, 6.07) is 8.95. The summed E-state index contributed by atoms with van der Waals surface area (Å²) in [7, 11) is -2.33. The number of amides is 1. The topological polar surface area (TPSA) is 150 Å². The van der Waals surface area contributed by atoms with Crippen LogP contribution in [-0.2, 0) is 46.9 Å². The van der Waals surface area contributed by atoms with E-state index in [0.29, 0.717) is 16.3 Å². The van der Waals surface area contributed by atoms with Gasteiger partial charge in [0.25, 0.3) is 5.92 Å². The number of fused-ring (bicyclic) bond motifs is 4. The standard InChI is InChI=1S/C36H27ClF7N9O3S/c1-52-30-20(4-6-23(37)28(30)34(50-52)51-57(2,55)56)19-5-7-24(33-45-8-3-9-46-33)48-29(19)25(12-16-10-17(38)13-18(39)11-16)47-26(54)15-53-32-27(31(49-53)36(42,43)44)21-14-22(21)35(32,40)41/h3-11,13,21-22,25H,12,14-15H2,1-2H3,(H,47,54)(H,50,51)/t21-,22+,25-/m0/s1. The van der Waals surface area contributed by atoms with E-state index in [0.717, 1.165) is 18.4 Å². The Hall–Kier alpha value is -5.63. The van der Waals surface area contributed by atoms with Crippen LogP contribution in [0.3, 0.4) is 0 Å². The van der Waals surface area contributed by atoms with Crippen LogP contribution in [0.5, 0.6) is 0 Å². The molecule has 2 aromatic carbocycles. The van der Waals surface area contributed by atoms with Crippen LogP contribution >= 0.6 is 11.6 Å². The molecule has 4 aromatic heterocycles. The Bertz CT molecular complexity index is 2710. The van der Waals surface area contributed by atoms with E-state index >= 15 is 8.78 Å². The monoisotopic (exact) mass is 833 g/mol. The van der Waals surface area contributed by atoms with E-state index < -0.39 is 81.0 Å². The summed E-state index contributed by atoms with van der Waals surface area (Å²) >= 11 is 6.58. The van der Waals surface area contributed by atoms with Gasteiger partial charge < -0.3 is 5.32 Å². The first kappa shape index (κ1) is 38.3. The number of nitrogens with one attached hydrogen (secondary N) is 2. The molecule has 1 amide bonds. The number of nitrogens with zero attached hydrogens (tertiary/aromatic N) is 7. The molecule has 3 atom stereocenters. The van der Waals surface area contributed by atoms with Crippen molar-refractivity contribution >= 4 is 44.3 Å². The summed E-state index contributed by atoms with van der Waals surface area (Å²) in [5, 5.41) is 10.7. The molecule has 1 saturated carbocycles. The zero-order valence-corrected chi connectivity index (χ0v) is 31.0. The Morgan fingerprint density at radius 1 is 1.04 bits per heavy atom. The van der Waals surface area contributed by atoms with Gasteiger partial charge in [0.2, 0.25) is 15.9 Å². The number of sulfonamides is 1. The van der Waals surface area contributed by atoms with Gasteiger partial charge in [0.1, 0.15) is 29.6 Å². The quantitative estimate of drug-likeness (QED) is 0.141. The molecule has 0 spiro atoms. The molecular weight excluding hydrogens is 807 g/mol. The number of carbonyl (C=O) groups excluding carboxylic acids is 1. The van der Waals surface area contributed by atoms with Crippen LogP contribution in [0.15, 0.2) is 60.9 Å². The average Bonchev–Trinajstić information content (AvgIpc) is 3.66. The molecule has 0 aliphatic heterocycles. The molecule has 0 radical (unpaired) electrons. The predicted octanol–water partition coefficient (Wildman–Crippen LogP) is 6.92. The molecule has 57 heavy (non-hydrogen) atoms. The largest absolute Gasteiger partial charge is 0.435 e. The van der Waals surface area contributed by atoms with E-state index in [4.69, 9.17) is 16.6 Å². The van der Waals surface area contributed by atoms with E-state index in [2.05, 4.69) is 30.2 Å². The minimum Gasteiger partial charge on any atom is -0.346 e. The number of pyridine rings is 1. The predicted molar refractivity (Wildman–Crippen MR) is 191 cm³/mol. The fourth-order valence-electron chi connectivity index (χ4n) is 7.52. The normalized spacial score (nSPS) is 17.6. The van der Waals surface area contributed by atoms with Crippen molar-refractivity contribution in [2.75, 3.05) is 11.0 Å². The number of aromatic nitrogens is 7. The van der Waals surface area contributed by atoms with E-state index in [-0.39, 0.29) is 62.9 Å². The van der Waals surface area contributed by atoms with Gasteiger partial charge in [-0.3, -0.25) is 18.9 Å². The van der Waals surface area contributed by atoms with Gasteiger partial charge in [-0.1, -0.05) is 23.7 Å². The molecule has 2 aliphatic carbocycles. The Morgan fingerprint density at radius 2 is 1.72 bits per heavy atom. The number of benzene rings is 2. The summed E-state index contributed by atoms with van der Waals surface area (Å²) in [6.07, 6.45) is -1.80. The highest BCUT2D eigenvalue weighted by Gasteiger charge is 2.68. The summed E-state index contributed by atoms with van der Waals surface area (Å²) in [6.45, 7) is -1.08. The molecule has 2 aliphatic rings. The minimum absolute atomic E-state index is 0.00802. The molecule has 12 nitrogen and oxygen atoms in total. The van der Waals surface area contributed by atoms with Crippen LogP contribution in [-0.4, -0.2) is 55.1 Å². The summed E-state index contributed by atoms with van der Waals surface area (Å²) in [4.78, 5) is 27.2. The van der Waals surface area contributed by atoms with Crippen LogP contribution in [0.1, 0.15) is 46.6 Å². The first-order chi connectivity index (χ1) is 26.8. The third-order valence-electron chi connectivity index (χ3n) is 9.75. The lowest BCUT2D eigenvalue weighted by Gasteiger charge is -2.23. The molecule has 2 N–H and O–H groups in total. The molecule has 296 valence electrons. The number of aryl methyl sites for hydroxylation is 1. The molecule has 21 heteroatoms. The van der Waals surface area contributed by atoms with Gasteiger partial charge >= 0.3 is 6.18 Å². The van der Waals surface area contributed by atoms with Gasteiger partial charge in [0, 0.05) is 48.1 Å². The lowest BCUT2D eigenvalue weighted by Crippen LogP contribution is -2.35. The van der Waals surface area contributed by atoms with Crippen LogP contribution < -0.4 is 10.0 Å². The molecule has 0 unspecified atom stereocenters. The van der Waals surface area contributed by atoms with Crippen molar-refractivity contribution in [2.45, 2.75) is 43.4 Å². The van der Waals surface area contributed by atoms with E-state index in [1.807, 2.05) is 0 Å². The summed E-state index contributed by atoms with van der Waals surface area (Å²) in [5.41, 5.74) is -2.07. The smallest absolute Gasteiger partial charge is 0.346 e. The van der Waals surface area contributed by atoms with Gasteiger partial charge in [-0.2, -0.15) is 32.1 Å². The van der Waals surface area contributed by atoms with Gasteiger partial charge in [0.15, 0.2) is 17.3 Å². The fraction of sp³-hybridized carbons (Fsp3) is 0.278. The van der Waals surface area contributed by atoms with Crippen molar-refractivity contribution in [3.05, 3.63) is 106 Å². The number of rotatable bonds is 10. The summed E-state index contributed by atoms with van der Waals surface area (Å²) in [5.74, 6) is -9.05. The van der Waals surface area contributed by atoms with Crippen molar-refractivity contribution in [1.82, 2.24) is 39.8 Å². The maximum atomic E-state index is 15.4. The first-order valence-corrected chi connectivity index (χ1v) is 19.3. The number of hydrogen-bond acceptors (Lipinski definition) is 8. The van der Waals surface area contributed by atoms with Crippen molar-refractivity contribution in [1.29, 1.82) is 0 Å². The highest BCUT2D eigenvalue weighted by Crippen LogP contribution is 2.68. The molecular formula is C36H27ClF7N9O3S. The van der Waals surface area contributed by atoms with E-state index in [1.54, 1.807) is 24.3 Å². The second kappa shape index (κ2) is 13.5. The highest BCUT2D eigenvalue weighted by atomic mass is 35.5. The zero-order chi connectivity index (χ0) is 40.8. The van der Waals surface area contributed by atoms with Crippen molar-refractivity contribution in [2.24, 2.45) is 13.0 Å². The van der Waals surface area contributed by atoms with Gasteiger partial charge in [-0.15, -0.1) is 0 Å². The second-order valence-corrected chi connectivity index (χ2v) is 16.0. The maximum Gasteiger partial charge on any atom is 0.435 e. The number of anilines is 1. The van der Waals surface area contributed by atoms with Crippen molar-refractivity contribution in [3.8, 4) is 22.6 Å². The summed E-state index contributed by atoms with van der Waals surface area (Å²) < 4.78 is 131. The average molecular weight is 834 g/mol. The van der Waals surface area contributed by atoms with Crippen LogP contribution in [0, 0.1) is 17.6 Å². The Labute approximate surface area is 323 Å². The molecule has 1 fully saturated rings. The lowest BCUT2D eigenvalue weighted by molar-refractivity contribution is -0.142. The van der Waals surface area contributed by atoms with Crippen molar-refractivity contribution in [3.63, 3.8) is 0 Å². The van der Waals surface area contributed by atoms with E-state index in [9.17, 15) is 35.2 Å². The zero-order valence-electron chi connectivity index (χ0n) is 29.4. The third kappa shape index (κ3) is 7.04. The fourth-order valence-corrected chi connectivity index (χ4v) is 8.25. The number of halogens is 8. The first-order valence-electron chi connectivity index (χ1n) is 17.0. The van der Waals surface area contributed by atoms with Crippen LogP contribution in [0.25, 0.3) is 33.5 Å². The van der Waals surface area contributed by atoms with Gasteiger partial charge in [-0.25, -0.2) is 32.2 Å². The second-order valence-electron chi connectivity index (χ2n) is 13.8. The minimum atomic E-state index is -5.07. The number of hydrogen-bond donors (Lipinski definition) is 2. The molecule has 0 bridgehead atoms. The Balaban J connectivity index is 1.29. The third-order valence-corrected chi connectivity index (χ3v) is 10.6. The molecule has 4 heterocycles. The van der Waals surface area contributed by atoms with Gasteiger partial charge in [0.05, 0.1) is 33.9 Å². The SMILES string of the molecule is Cn1nc(NS(C)(=O)=O)c2c(Cl)ccc(-c3ccc(-c4ncccn4)nc3[C@H](Cc3cc(F)cc(F)c3)NC(=O)Cn3nc(C(F)(F)F)c4c3C(F)(F)[C@@H]3C[C@H]43)c21. The van der Waals surface area contributed by atoms with Crippen LogP contribution in [0.2, 0.25) is 5.02 Å². The highest BCUT2D eigenvalue weighted by molar-refractivity contribution is 7.92. The van der Waals surface area contributed by atoms with Gasteiger partial charge in [-0.05, 0) is 54.7 Å². The number of alkyl halides is 5. The number of carbonyl (C=O) groups is 1.